The van der Waals surface area contributed by atoms with Gasteiger partial charge in [-0.2, -0.15) is 13.2 Å². The molecule has 0 saturated heterocycles. The van der Waals surface area contributed by atoms with Crippen LogP contribution in [0, 0.1) is 12.8 Å². The first-order valence-electron chi connectivity index (χ1n) is 5.20. The van der Waals surface area contributed by atoms with Crippen molar-refractivity contribution in [2.45, 2.75) is 26.9 Å². The van der Waals surface area contributed by atoms with Gasteiger partial charge in [0.05, 0.1) is 5.56 Å². The molecule has 2 nitrogen and oxygen atoms in total. The molecule has 0 fully saturated rings. The lowest BCUT2D eigenvalue weighted by Crippen LogP contribution is -2.19. The first-order valence-corrected chi connectivity index (χ1v) is 5.20. The Morgan fingerprint density at radius 1 is 1.29 bits per heavy atom. The fraction of sp³-hybridized carbons (Fsp3) is 0.417. The van der Waals surface area contributed by atoms with Gasteiger partial charge in [0.1, 0.15) is 0 Å². The van der Waals surface area contributed by atoms with Gasteiger partial charge < -0.3 is 5.32 Å². The van der Waals surface area contributed by atoms with Crippen molar-refractivity contribution in [2.75, 3.05) is 5.32 Å². The van der Waals surface area contributed by atoms with Crippen molar-refractivity contribution in [2.24, 2.45) is 5.92 Å². The molecular weight excluding hydrogens is 231 g/mol. The zero-order valence-electron chi connectivity index (χ0n) is 9.85. The fourth-order valence-corrected chi connectivity index (χ4v) is 1.21. The maximum Gasteiger partial charge on any atom is 0.416 e. The SMILES string of the molecule is Cc1ccc(C(F)(F)F)cc1NC(=O)C(C)C. The lowest BCUT2D eigenvalue weighted by molar-refractivity contribution is -0.137. The lowest BCUT2D eigenvalue weighted by Gasteiger charge is -2.13. The zero-order valence-corrected chi connectivity index (χ0v) is 9.85. The average molecular weight is 245 g/mol. The number of nitrogens with one attached hydrogen (secondary N) is 1. The Morgan fingerprint density at radius 2 is 1.88 bits per heavy atom. The van der Waals surface area contributed by atoms with E-state index < -0.39 is 11.7 Å². The highest BCUT2D eigenvalue weighted by atomic mass is 19.4. The molecule has 0 unspecified atom stereocenters. The number of benzene rings is 1. The summed E-state index contributed by atoms with van der Waals surface area (Å²) in [5, 5.41) is 2.48. The molecule has 1 rings (SSSR count). The molecule has 1 aromatic rings. The van der Waals surface area contributed by atoms with Crippen LogP contribution in [-0.4, -0.2) is 5.91 Å². The van der Waals surface area contributed by atoms with Gasteiger partial charge >= 0.3 is 6.18 Å². The summed E-state index contributed by atoms with van der Waals surface area (Å²) in [5.74, 6) is -0.573. The Kier molecular flexibility index (Phi) is 3.80. The van der Waals surface area contributed by atoms with Crippen molar-refractivity contribution in [1.29, 1.82) is 0 Å². The minimum Gasteiger partial charge on any atom is -0.326 e. The monoisotopic (exact) mass is 245 g/mol. The molecule has 17 heavy (non-hydrogen) atoms. The molecule has 1 aromatic carbocycles. The summed E-state index contributed by atoms with van der Waals surface area (Å²) >= 11 is 0. The maximum atomic E-state index is 12.5. The highest BCUT2D eigenvalue weighted by molar-refractivity contribution is 5.92. The smallest absolute Gasteiger partial charge is 0.326 e. The van der Waals surface area contributed by atoms with Gasteiger partial charge in [0, 0.05) is 11.6 Å². The predicted molar refractivity (Wildman–Crippen MR) is 59.6 cm³/mol. The van der Waals surface area contributed by atoms with Crippen molar-refractivity contribution in [3.63, 3.8) is 0 Å². The molecule has 0 aliphatic heterocycles. The summed E-state index contributed by atoms with van der Waals surface area (Å²) in [6.07, 6.45) is -4.40. The van der Waals surface area contributed by atoms with E-state index in [1.807, 2.05) is 0 Å². The minimum atomic E-state index is -4.40. The van der Waals surface area contributed by atoms with Crippen LogP contribution in [0.5, 0.6) is 0 Å². The van der Waals surface area contributed by atoms with E-state index in [0.717, 1.165) is 12.1 Å². The lowest BCUT2D eigenvalue weighted by atomic mass is 10.1. The van der Waals surface area contributed by atoms with Crippen molar-refractivity contribution in [1.82, 2.24) is 0 Å². The molecule has 0 spiro atoms. The standard InChI is InChI=1S/C12H14F3NO/c1-7(2)11(17)16-10-6-9(12(13,14)15)5-4-8(10)3/h4-7H,1-3H3,(H,16,17). The van der Waals surface area contributed by atoms with Crippen molar-refractivity contribution in [3.8, 4) is 0 Å². The number of aryl methyl sites for hydroxylation is 1. The first-order chi connectivity index (χ1) is 7.71. The molecular formula is C12H14F3NO. The molecule has 0 aliphatic carbocycles. The summed E-state index contributed by atoms with van der Waals surface area (Å²) in [7, 11) is 0. The summed E-state index contributed by atoms with van der Waals surface area (Å²) in [6.45, 7) is 5.01. The van der Waals surface area contributed by atoms with Crippen molar-refractivity contribution in [3.05, 3.63) is 29.3 Å². The van der Waals surface area contributed by atoms with E-state index in [1.54, 1.807) is 20.8 Å². The van der Waals surface area contributed by atoms with Crippen molar-refractivity contribution < 1.29 is 18.0 Å². The summed E-state index contributed by atoms with van der Waals surface area (Å²) in [6, 6.07) is 3.30. The van der Waals surface area contributed by atoms with E-state index in [9.17, 15) is 18.0 Å². The second kappa shape index (κ2) is 4.77. The second-order valence-corrected chi connectivity index (χ2v) is 4.17. The minimum absolute atomic E-state index is 0.207. The molecule has 0 aliphatic rings. The fourth-order valence-electron chi connectivity index (χ4n) is 1.21. The van der Waals surface area contributed by atoms with Gasteiger partial charge in [-0.3, -0.25) is 4.79 Å². The molecule has 0 bridgehead atoms. The van der Waals surface area contributed by atoms with Crippen LogP contribution in [0.25, 0.3) is 0 Å². The van der Waals surface area contributed by atoms with E-state index in [-0.39, 0.29) is 17.5 Å². The quantitative estimate of drug-likeness (QED) is 0.847. The second-order valence-electron chi connectivity index (χ2n) is 4.17. The molecule has 1 N–H and O–H groups in total. The number of halogens is 3. The maximum absolute atomic E-state index is 12.5. The predicted octanol–water partition coefficient (Wildman–Crippen LogP) is 3.61. The molecule has 5 heteroatoms. The highest BCUT2D eigenvalue weighted by Crippen LogP contribution is 2.32. The van der Waals surface area contributed by atoms with Crippen molar-refractivity contribution >= 4 is 11.6 Å². The largest absolute Gasteiger partial charge is 0.416 e. The molecule has 1 amide bonds. The molecule has 94 valence electrons. The van der Waals surface area contributed by atoms with Gasteiger partial charge in [-0.25, -0.2) is 0 Å². The molecule has 0 heterocycles. The van der Waals surface area contributed by atoms with E-state index in [2.05, 4.69) is 5.32 Å². The van der Waals surface area contributed by atoms with E-state index in [0.29, 0.717) is 5.56 Å². The van der Waals surface area contributed by atoms with Crippen LogP contribution in [0.15, 0.2) is 18.2 Å². The molecule has 0 saturated carbocycles. The normalized spacial score (nSPS) is 11.7. The highest BCUT2D eigenvalue weighted by Gasteiger charge is 2.30. The van der Waals surface area contributed by atoms with Crippen LogP contribution in [0.1, 0.15) is 25.0 Å². The average Bonchev–Trinajstić information content (AvgIpc) is 2.19. The van der Waals surface area contributed by atoms with E-state index in [4.69, 9.17) is 0 Å². The molecule has 0 atom stereocenters. The Hall–Kier alpha value is -1.52. The Morgan fingerprint density at radius 3 is 2.35 bits per heavy atom. The summed E-state index contributed by atoms with van der Waals surface area (Å²) < 4.78 is 37.4. The molecule has 0 aromatic heterocycles. The van der Waals surface area contributed by atoms with Crippen LogP contribution in [-0.2, 0) is 11.0 Å². The number of alkyl halides is 3. The third kappa shape index (κ3) is 3.47. The Bertz CT molecular complexity index is 424. The van der Waals surface area contributed by atoms with Gasteiger partial charge in [0.15, 0.2) is 0 Å². The number of hydrogen-bond donors (Lipinski definition) is 1. The van der Waals surface area contributed by atoms with Gasteiger partial charge in [0.2, 0.25) is 5.91 Å². The van der Waals surface area contributed by atoms with Crippen LogP contribution < -0.4 is 5.32 Å². The van der Waals surface area contributed by atoms with Gasteiger partial charge in [-0.05, 0) is 24.6 Å². The van der Waals surface area contributed by atoms with Crippen LogP contribution >= 0.6 is 0 Å². The van der Waals surface area contributed by atoms with Gasteiger partial charge in [-0.15, -0.1) is 0 Å². The third-order valence-electron chi connectivity index (χ3n) is 2.35. The van der Waals surface area contributed by atoms with Crippen LogP contribution in [0.2, 0.25) is 0 Å². The summed E-state index contributed by atoms with van der Waals surface area (Å²) in [5.41, 5.74) is 0.0488. The number of hydrogen-bond acceptors (Lipinski definition) is 1. The topological polar surface area (TPSA) is 29.1 Å². The van der Waals surface area contributed by atoms with Gasteiger partial charge in [-0.1, -0.05) is 19.9 Å². The Labute approximate surface area is 97.8 Å². The zero-order chi connectivity index (χ0) is 13.2. The number of amides is 1. The number of carbonyl (C=O) groups is 1. The van der Waals surface area contributed by atoms with E-state index >= 15 is 0 Å². The Balaban J connectivity index is 3.03. The van der Waals surface area contributed by atoms with Gasteiger partial charge in [0.25, 0.3) is 0 Å². The van der Waals surface area contributed by atoms with Crippen LogP contribution in [0.3, 0.4) is 0 Å². The summed E-state index contributed by atoms with van der Waals surface area (Å²) in [4.78, 5) is 11.4. The number of rotatable bonds is 2. The number of carbonyl (C=O) groups excluding carboxylic acids is 1. The van der Waals surface area contributed by atoms with Crippen LogP contribution in [0.4, 0.5) is 18.9 Å². The number of anilines is 1. The third-order valence-corrected chi connectivity index (χ3v) is 2.35. The first kappa shape index (κ1) is 13.5. The molecule has 0 radical (unpaired) electrons. The van der Waals surface area contributed by atoms with E-state index in [1.165, 1.54) is 6.07 Å².